The molecule has 0 fully saturated rings. The van der Waals surface area contributed by atoms with Crippen LogP contribution in [0.2, 0.25) is 5.28 Å². The summed E-state index contributed by atoms with van der Waals surface area (Å²) in [6.07, 6.45) is -3.61. The molecule has 1 N–H and O–H groups in total. The van der Waals surface area contributed by atoms with Gasteiger partial charge in [-0.3, -0.25) is 10.1 Å². The number of aromatic nitrogens is 4. The molecule has 0 saturated heterocycles. The van der Waals surface area contributed by atoms with E-state index < -0.39 is 22.8 Å². The van der Waals surface area contributed by atoms with E-state index in [2.05, 4.69) is 20.4 Å². The molecule has 0 aliphatic carbocycles. The number of alkyl halides is 3. The molecule has 0 aliphatic heterocycles. The molecule has 1 aromatic carbocycles. The van der Waals surface area contributed by atoms with Gasteiger partial charge in [-0.15, -0.1) is 0 Å². The minimum atomic E-state index is -4.61. The smallest absolute Gasteiger partial charge is 0.435 e. The van der Waals surface area contributed by atoms with Crippen molar-refractivity contribution in [2.75, 3.05) is 12.4 Å². The SMILES string of the molecule is COc1cc(C(F)(F)F)nn1-c1ccc(C(C)Nc2nc(Cl)ncc2[N+](=O)[O-])cc1. The van der Waals surface area contributed by atoms with Crippen LogP contribution in [0.4, 0.5) is 24.7 Å². The first-order valence-electron chi connectivity index (χ1n) is 8.35. The predicted molar refractivity (Wildman–Crippen MR) is 101 cm³/mol. The molecule has 0 saturated carbocycles. The normalized spacial score (nSPS) is 12.5. The Hall–Kier alpha value is -3.41. The largest absolute Gasteiger partial charge is 0.481 e. The molecule has 0 radical (unpaired) electrons. The van der Waals surface area contributed by atoms with Crippen LogP contribution in [0.3, 0.4) is 0 Å². The fraction of sp³-hybridized carbons (Fsp3) is 0.235. The highest BCUT2D eigenvalue weighted by molar-refractivity contribution is 6.28. The first kappa shape index (κ1) is 21.3. The number of anilines is 1. The number of nitro groups is 1. The van der Waals surface area contributed by atoms with Crippen molar-refractivity contribution in [3.05, 3.63) is 63.2 Å². The number of nitrogens with zero attached hydrogens (tertiary/aromatic N) is 5. The Kier molecular flexibility index (Phi) is 5.78. The van der Waals surface area contributed by atoms with Crippen molar-refractivity contribution in [2.24, 2.45) is 0 Å². The zero-order chi connectivity index (χ0) is 22.1. The minimum absolute atomic E-state index is 0.0554. The summed E-state index contributed by atoms with van der Waals surface area (Å²) in [5, 5.41) is 17.4. The van der Waals surface area contributed by atoms with Crippen LogP contribution in [0.5, 0.6) is 5.88 Å². The summed E-state index contributed by atoms with van der Waals surface area (Å²) in [7, 11) is 1.24. The monoisotopic (exact) mass is 442 g/mol. The van der Waals surface area contributed by atoms with Gasteiger partial charge >= 0.3 is 11.9 Å². The second kappa shape index (κ2) is 8.14. The van der Waals surface area contributed by atoms with E-state index in [0.717, 1.165) is 16.9 Å². The third-order valence-electron chi connectivity index (χ3n) is 4.10. The molecule has 9 nitrogen and oxygen atoms in total. The van der Waals surface area contributed by atoms with Gasteiger partial charge in [-0.1, -0.05) is 12.1 Å². The van der Waals surface area contributed by atoms with E-state index in [1.807, 2.05) is 0 Å². The highest BCUT2D eigenvalue weighted by atomic mass is 35.5. The third-order valence-corrected chi connectivity index (χ3v) is 4.29. The molecule has 30 heavy (non-hydrogen) atoms. The van der Waals surface area contributed by atoms with Crippen LogP contribution in [0, 0.1) is 10.1 Å². The van der Waals surface area contributed by atoms with E-state index in [9.17, 15) is 23.3 Å². The first-order valence-corrected chi connectivity index (χ1v) is 8.73. The quantitative estimate of drug-likeness (QED) is 0.342. The number of rotatable bonds is 6. The molecule has 1 atom stereocenters. The highest BCUT2D eigenvalue weighted by Crippen LogP contribution is 2.32. The molecule has 13 heteroatoms. The van der Waals surface area contributed by atoms with Crippen LogP contribution in [0.1, 0.15) is 24.2 Å². The number of halogens is 4. The molecule has 3 aromatic rings. The molecule has 0 amide bonds. The van der Waals surface area contributed by atoms with Crippen molar-refractivity contribution in [3.8, 4) is 11.6 Å². The Morgan fingerprint density at radius 3 is 2.53 bits per heavy atom. The maximum Gasteiger partial charge on any atom is 0.435 e. The average molecular weight is 443 g/mol. The van der Waals surface area contributed by atoms with Gasteiger partial charge in [0.25, 0.3) is 0 Å². The fourth-order valence-electron chi connectivity index (χ4n) is 2.62. The van der Waals surface area contributed by atoms with Crippen LogP contribution >= 0.6 is 11.6 Å². The van der Waals surface area contributed by atoms with E-state index in [0.29, 0.717) is 11.3 Å². The maximum absolute atomic E-state index is 12.9. The second-order valence-corrected chi connectivity index (χ2v) is 6.41. The topological polar surface area (TPSA) is 108 Å². The van der Waals surface area contributed by atoms with Crippen molar-refractivity contribution in [3.63, 3.8) is 0 Å². The number of methoxy groups -OCH3 is 1. The van der Waals surface area contributed by atoms with E-state index in [1.165, 1.54) is 7.11 Å². The maximum atomic E-state index is 12.9. The summed E-state index contributed by atoms with van der Waals surface area (Å²) < 4.78 is 44.8. The summed E-state index contributed by atoms with van der Waals surface area (Å²) in [6.45, 7) is 1.73. The molecular weight excluding hydrogens is 429 g/mol. The van der Waals surface area contributed by atoms with Crippen LogP contribution < -0.4 is 10.1 Å². The van der Waals surface area contributed by atoms with Crippen LogP contribution in [-0.2, 0) is 6.18 Å². The number of benzene rings is 1. The lowest BCUT2D eigenvalue weighted by Crippen LogP contribution is -2.11. The Bertz CT molecular complexity index is 1070. The number of ether oxygens (including phenoxy) is 1. The van der Waals surface area contributed by atoms with Gasteiger partial charge in [0.1, 0.15) is 6.20 Å². The fourth-order valence-corrected chi connectivity index (χ4v) is 2.75. The Morgan fingerprint density at radius 1 is 1.30 bits per heavy atom. The van der Waals surface area contributed by atoms with Crippen molar-refractivity contribution < 1.29 is 22.8 Å². The van der Waals surface area contributed by atoms with Crippen LogP contribution in [0.15, 0.2) is 36.5 Å². The van der Waals surface area contributed by atoms with Crippen molar-refractivity contribution in [1.29, 1.82) is 0 Å². The third kappa shape index (κ3) is 4.43. The zero-order valence-electron chi connectivity index (χ0n) is 15.5. The van der Waals surface area contributed by atoms with E-state index in [1.54, 1.807) is 31.2 Å². The lowest BCUT2D eigenvalue weighted by Gasteiger charge is -2.15. The molecule has 2 aromatic heterocycles. The Morgan fingerprint density at radius 2 is 1.97 bits per heavy atom. The number of hydrogen-bond acceptors (Lipinski definition) is 7. The van der Waals surface area contributed by atoms with Crippen molar-refractivity contribution in [1.82, 2.24) is 19.7 Å². The van der Waals surface area contributed by atoms with Gasteiger partial charge in [-0.25, -0.2) is 9.67 Å². The van der Waals surface area contributed by atoms with E-state index in [4.69, 9.17) is 16.3 Å². The molecule has 0 aliphatic rings. The number of nitrogens with one attached hydrogen (secondary N) is 1. The molecule has 0 bridgehead atoms. The molecular formula is C17H14ClF3N6O3. The first-order chi connectivity index (χ1) is 14.1. The standard InChI is InChI=1S/C17H14ClF3N6O3/c1-9(23-15-12(27(28)29)8-22-16(18)24-15)10-3-5-11(6-4-10)26-14(30-2)7-13(25-26)17(19,20)21/h3-9H,1-2H3,(H,22,23,24). The minimum Gasteiger partial charge on any atom is -0.481 e. The highest BCUT2D eigenvalue weighted by Gasteiger charge is 2.35. The van der Waals surface area contributed by atoms with E-state index in [-0.39, 0.29) is 22.7 Å². The average Bonchev–Trinajstić information content (AvgIpc) is 3.13. The molecule has 3 rings (SSSR count). The van der Waals surface area contributed by atoms with Crippen molar-refractivity contribution >= 4 is 23.1 Å². The van der Waals surface area contributed by atoms with Gasteiger partial charge in [-0.2, -0.15) is 23.3 Å². The summed E-state index contributed by atoms with van der Waals surface area (Å²) in [6, 6.07) is 6.73. The number of hydrogen-bond donors (Lipinski definition) is 1. The summed E-state index contributed by atoms with van der Waals surface area (Å²) in [5.74, 6) is -0.132. The summed E-state index contributed by atoms with van der Waals surface area (Å²) in [4.78, 5) is 17.9. The lowest BCUT2D eigenvalue weighted by molar-refractivity contribution is -0.384. The molecule has 0 spiro atoms. The Balaban J connectivity index is 1.86. The van der Waals surface area contributed by atoms with E-state index >= 15 is 0 Å². The van der Waals surface area contributed by atoms with Gasteiger partial charge in [-0.05, 0) is 36.2 Å². The summed E-state index contributed by atoms with van der Waals surface area (Å²) in [5.41, 5.74) is -0.394. The second-order valence-electron chi connectivity index (χ2n) is 6.07. The molecule has 2 heterocycles. The van der Waals surface area contributed by atoms with Gasteiger partial charge in [0.05, 0.1) is 23.8 Å². The summed E-state index contributed by atoms with van der Waals surface area (Å²) >= 11 is 5.72. The zero-order valence-corrected chi connectivity index (χ0v) is 16.3. The van der Waals surface area contributed by atoms with Gasteiger partial charge < -0.3 is 10.1 Å². The van der Waals surface area contributed by atoms with Gasteiger partial charge in [0.15, 0.2) is 5.69 Å². The Labute approximate surface area is 172 Å². The van der Waals surface area contributed by atoms with Crippen molar-refractivity contribution in [2.45, 2.75) is 19.1 Å². The van der Waals surface area contributed by atoms with Gasteiger partial charge in [0.2, 0.25) is 17.0 Å². The lowest BCUT2D eigenvalue weighted by atomic mass is 10.1. The molecule has 1 unspecified atom stereocenters. The molecule has 158 valence electrons. The van der Waals surface area contributed by atoms with Crippen LogP contribution in [-0.4, -0.2) is 31.8 Å². The predicted octanol–water partition coefficient (Wildman–Crippen LogP) is 4.42. The van der Waals surface area contributed by atoms with Gasteiger partial charge in [0, 0.05) is 6.07 Å². The van der Waals surface area contributed by atoms with Crippen LogP contribution in [0.25, 0.3) is 5.69 Å².